The zero-order chi connectivity index (χ0) is 11.3. The van der Waals surface area contributed by atoms with Crippen molar-refractivity contribution in [1.29, 1.82) is 5.26 Å². The first-order valence-electron chi connectivity index (χ1n) is 5.18. The van der Waals surface area contributed by atoms with Crippen LogP contribution in [0.5, 0.6) is 0 Å². The number of nitriles is 1. The van der Waals surface area contributed by atoms with Gasteiger partial charge in [-0.25, -0.2) is 9.97 Å². The lowest BCUT2D eigenvalue weighted by Crippen LogP contribution is -2.33. The average Bonchev–Trinajstić information content (AvgIpc) is 2.25. The molecule has 0 aromatic carbocycles. The predicted octanol–water partition coefficient (Wildman–Crippen LogP) is 1.97. The first kappa shape index (κ1) is 11.4. The average molecular weight is 204 g/mol. The summed E-state index contributed by atoms with van der Waals surface area (Å²) >= 11 is 0. The highest BCUT2D eigenvalue weighted by Gasteiger charge is 2.12. The predicted molar refractivity (Wildman–Crippen MR) is 59.5 cm³/mol. The third kappa shape index (κ3) is 2.91. The smallest absolute Gasteiger partial charge is 0.226 e. The molecule has 4 nitrogen and oxygen atoms in total. The standard InChI is InChI=1S/C11H16N4/c1-4-7-15(9(2)3)11-13-6-5-10(8-12)14-11/h5-6,9H,4,7H2,1-3H3. The molecular formula is C11H16N4. The van der Waals surface area contributed by atoms with Crippen LogP contribution in [0.15, 0.2) is 12.3 Å². The Morgan fingerprint density at radius 3 is 2.80 bits per heavy atom. The summed E-state index contributed by atoms with van der Waals surface area (Å²) < 4.78 is 0. The molecule has 0 fully saturated rings. The summed E-state index contributed by atoms with van der Waals surface area (Å²) in [6.07, 6.45) is 2.67. The lowest BCUT2D eigenvalue weighted by Gasteiger charge is -2.25. The molecule has 0 unspecified atom stereocenters. The number of hydrogen-bond donors (Lipinski definition) is 0. The Labute approximate surface area is 90.6 Å². The minimum Gasteiger partial charge on any atom is -0.338 e. The van der Waals surface area contributed by atoms with E-state index in [-0.39, 0.29) is 0 Å². The van der Waals surface area contributed by atoms with E-state index in [1.165, 1.54) is 0 Å². The second-order valence-corrected chi connectivity index (χ2v) is 3.64. The Morgan fingerprint density at radius 1 is 1.53 bits per heavy atom. The van der Waals surface area contributed by atoms with E-state index in [4.69, 9.17) is 5.26 Å². The fourth-order valence-electron chi connectivity index (χ4n) is 1.38. The van der Waals surface area contributed by atoms with Gasteiger partial charge in [-0.3, -0.25) is 0 Å². The van der Waals surface area contributed by atoms with Crippen molar-refractivity contribution in [3.05, 3.63) is 18.0 Å². The molecule has 0 aliphatic rings. The van der Waals surface area contributed by atoms with Gasteiger partial charge in [0.25, 0.3) is 0 Å². The van der Waals surface area contributed by atoms with Gasteiger partial charge in [-0.1, -0.05) is 6.92 Å². The third-order valence-electron chi connectivity index (χ3n) is 2.10. The molecule has 15 heavy (non-hydrogen) atoms. The molecule has 4 heteroatoms. The highest BCUT2D eigenvalue weighted by Crippen LogP contribution is 2.11. The first-order valence-corrected chi connectivity index (χ1v) is 5.18. The SMILES string of the molecule is CCCN(c1nccc(C#N)n1)C(C)C. The molecule has 0 radical (unpaired) electrons. The number of nitrogens with zero attached hydrogens (tertiary/aromatic N) is 4. The Bertz CT molecular complexity index is 354. The van der Waals surface area contributed by atoms with E-state index in [1.807, 2.05) is 6.07 Å². The topological polar surface area (TPSA) is 52.8 Å². The molecule has 0 atom stereocenters. The monoisotopic (exact) mass is 204 g/mol. The van der Waals surface area contributed by atoms with Gasteiger partial charge in [0, 0.05) is 18.8 Å². The Balaban J connectivity index is 2.96. The molecular weight excluding hydrogens is 188 g/mol. The molecule has 1 heterocycles. The summed E-state index contributed by atoms with van der Waals surface area (Å²) in [6.45, 7) is 7.21. The van der Waals surface area contributed by atoms with Gasteiger partial charge in [0.2, 0.25) is 5.95 Å². The highest BCUT2D eigenvalue weighted by atomic mass is 15.3. The fourth-order valence-corrected chi connectivity index (χ4v) is 1.38. The van der Waals surface area contributed by atoms with Crippen molar-refractivity contribution in [3.8, 4) is 6.07 Å². The van der Waals surface area contributed by atoms with Crippen LogP contribution in [0.25, 0.3) is 0 Å². The van der Waals surface area contributed by atoms with Crippen LogP contribution >= 0.6 is 0 Å². The van der Waals surface area contributed by atoms with E-state index in [2.05, 4.69) is 35.6 Å². The lowest BCUT2D eigenvalue weighted by atomic mass is 10.3. The van der Waals surface area contributed by atoms with Crippen molar-refractivity contribution in [2.45, 2.75) is 33.2 Å². The second-order valence-electron chi connectivity index (χ2n) is 3.64. The minimum atomic E-state index is 0.346. The van der Waals surface area contributed by atoms with Gasteiger partial charge in [-0.05, 0) is 26.3 Å². The van der Waals surface area contributed by atoms with Crippen molar-refractivity contribution in [1.82, 2.24) is 9.97 Å². The Hall–Kier alpha value is -1.63. The summed E-state index contributed by atoms with van der Waals surface area (Å²) in [7, 11) is 0. The Kier molecular flexibility index (Phi) is 4.04. The molecule has 0 spiro atoms. The maximum absolute atomic E-state index is 8.75. The Morgan fingerprint density at radius 2 is 2.27 bits per heavy atom. The summed E-state index contributed by atoms with van der Waals surface area (Å²) in [5.74, 6) is 0.644. The molecule has 0 bridgehead atoms. The van der Waals surface area contributed by atoms with E-state index < -0.39 is 0 Å². The van der Waals surface area contributed by atoms with Crippen LogP contribution in [0.4, 0.5) is 5.95 Å². The summed E-state index contributed by atoms with van der Waals surface area (Å²) in [4.78, 5) is 10.5. The highest BCUT2D eigenvalue weighted by molar-refractivity contribution is 5.34. The maximum Gasteiger partial charge on any atom is 0.226 e. The van der Waals surface area contributed by atoms with Crippen LogP contribution in [-0.2, 0) is 0 Å². The molecule has 0 saturated carbocycles. The van der Waals surface area contributed by atoms with Gasteiger partial charge in [-0.2, -0.15) is 5.26 Å². The molecule has 0 N–H and O–H groups in total. The largest absolute Gasteiger partial charge is 0.338 e. The quantitative estimate of drug-likeness (QED) is 0.752. The molecule has 0 aliphatic heterocycles. The third-order valence-corrected chi connectivity index (χ3v) is 2.10. The molecule has 0 amide bonds. The van der Waals surface area contributed by atoms with Crippen LogP contribution in [0.2, 0.25) is 0 Å². The van der Waals surface area contributed by atoms with Gasteiger partial charge in [0.15, 0.2) is 0 Å². The van der Waals surface area contributed by atoms with Crippen LogP contribution in [0.1, 0.15) is 32.9 Å². The van der Waals surface area contributed by atoms with Crippen LogP contribution in [-0.4, -0.2) is 22.6 Å². The van der Waals surface area contributed by atoms with Crippen molar-refractivity contribution >= 4 is 5.95 Å². The van der Waals surface area contributed by atoms with Gasteiger partial charge < -0.3 is 4.90 Å². The summed E-state index contributed by atoms with van der Waals surface area (Å²) in [6, 6.07) is 3.99. The number of anilines is 1. The molecule has 1 rings (SSSR count). The van der Waals surface area contributed by atoms with E-state index in [0.29, 0.717) is 17.7 Å². The summed E-state index contributed by atoms with van der Waals surface area (Å²) in [5, 5.41) is 8.75. The second kappa shape index (κ2) is 5.30. The zero-order valence-electron chi connectivity index (χ0n) is 9.44. The van der Waals surface area contributed by atoms with E-state index in [9.17, 15) is 0 Å². The van der Waals surface area contributed by atoms with E-state index in [1.54, 1.807) is 12.3 Å². The molecule has 80 valence electrons. The van der Waals surface area contributed by atoms with Gasteiger partial charge in [-0.15, -0.1) is 0 Å². The van der Waals surface area contributed by atoms with Gasteiger partial charge >= 0.3 is 0 Å². The van der Waals surface area contributed by atoms with E-state index in [0.717, 1.165) is 13.0 Å². The van der Waals surface area contributed by atoms with Gasteiger partial charge in [0.1, 0.15) is 11.8 Å². The minimum absolute atomic E-state index is 0.346. The van der Waals surface area contributed by atoms with Crippen molar-refractivity contribution in [3.63, 3.8) is 0 Å². The number of aromatic nitrogens is 2. The number of hydrogen-bond acceptors (Lipinski definition) is 4. The normalized spacial score (nSPS) is 10.1. The first-order chi connectivity index (χ1) is 7.19. The molecule has 1 aromatic heterocycles. The van der Waals surface area contributed by atoms with Crippen molar-refractivity contribution in [2.75, 3.05) is 11.4 Å². The fraction of sp³-hybridized carbons (Fsp3) is 0.545. The van der Waals surface area contributed by atoms with Gasteiger partial charge in [0.05, 0.1) is 0 Å². The maximum atomic E-state index is 8.75. The molecule has 0 saturated heterocycles. The zero-order valence-corrected chi connectivity index (χ0v) is 9.44. The molecule has 1 aromatic rings. The van der Waals surface area contributed by atoms with Crippen LogP contribution in [0.3, 0.4) is 0 Å². The summed E-state index contributed by atoms with van der Waals surface area (Å²) in [5.41, 5.74) is 0.418. The van der Waals surface area contributed by atoms with Crippen molar-refractivity contribution < 1.29 is 0 Å². The van der Waals surface area contributed by atoms with E-state index >= 15 is 0 Å². The van der Waals surface area contributed by atoms with Crippen LogP contribution < -0.4 is 4.90 Å². The molecule has 0 aliphatic carbocycles. The van der Waals surface area contributed by atoms with Crippen LogP contribution in [0, 0.1) is 11.3 Å². The lowest BCUT2D eigenvalue weighted by molar-refractivity contribution is 0.651. The number of rotatable bonds is 4. The van der Waals surface area contributed by atoms with Crippen molar-refractivity contribution in [2.24, 2.45) is 0 Å².